The van der Waals surface area contributed by atoms with Gasteiger partial charge < -0.3 is 10.6 Å². The molecule has 0 aliphatic heterocycles. The normalized spacial score (nSPS) is 11.3. The molecule has 0 aliphatic carbocycles. The van der Waals surface area contributed by atoms with Crippen molar-refractivity contribution in [1.82, 2.24) is 14.3 Å². The van der Waals surface area contributed by atoms with Gasteiger partial charge in [0.25, 0.3) is 10.0 Å². The summed E-state index contributed by atoms with van der Waals surface area (Å²) in [6.07, 6.45) is 4.33. The third-order valence-electron chi connectivity index (χ3n) is 4.62. The Morgan fingerprint density at radius 3 is 2.61 bits per heavy atom. The highest BCUT2D eigenvalue weighted by Gasteiger charge is 2.21. The fourth-order valence-corrected chi connectivity index (χ4v) is 4.58. The molecule has 4 rings (SSSR count). The lowest BCUT2D eigenvalue weighted by atomic mass is 10.1. The van der Waals surface area contributed by atoms with Gasteiger partial charge in [0, 0.05) is 42.3 Å². The maximum absolute atomic E-state index is 14.0. The second-order valence-electron chi connectivity index (χ2n) is 6.66. The molecule has 0 bridgehead atoms. The predicted octanol–water partition coefficient (Wildman–Crippen LogP) is 4.44. The topological polar surface area (TPSA) is 76.0 Å². The quantitative estimate of drug-likeness (QED) is 0.441. The molecule has 0 radical (unpaired) electrons. The number of hydrogen-bond donors (Lipinski definition) is 2. The van der Waals surface area contributed by atoms with E-state index in [1.54, 1.807) is 37.5 Å². The standard InChI is InChI=1S/C21H18F2N4O2S.ClH/c1-24-11-14-13-27(30(28,29)17-3-2-8-25-12-17)21-10-16(5-6-18(14)21)26-20-9-15(22)4-7-19(20)23;/h2-10,12-13,24,26H,11H2,1H3;1H. The molecule has 0 fully saturated rings. The lowest BCUT2D eigenvalue weighted by Gasteiger charge is -2.10. The molecule has 31 heavy (non-hydrogen) atoms. The monoisotopic (exact) mass is 464 g/mol. The van der Waals surface area contributed by atoms with Gasteiger partial charge in [0.1, 0.15) is 16.5 Å². The van der Waals surface area contributed by atoms with Crippen molar-refractivity contribution in [1.29, 1.82) is 0 Å². The molecule has 0 spiro atoms. The number of anilines is 2. The van der Waals surface area contributed by atoms with Crippen molar-refractivity contribution in [2.75, 3.05) is 12.4 Å². The number of nitrogens with zero attached hydrogens (tertiary/aromatic N) is 2. The average Bonchev–Trinajstić information content (AvgIpc) is 3.10. The maximum atomic E-state index is 14.0. The summed E-state index contributed by atoms with van der Waals surface area (Å²) in [5.74, 6) is -1.20. The molecule has 2 aromatic carbocycles. The van der Waals surface area contributed by atoms with E-state index in [-0.39, 0.29) is 23.0 Å². The molecular formula is C21H19ClF2N4O2S. The number of nitrogens with one attached hydrogen (secondary N) is 2. The summed E-state index contributed by atoms with van der Waals surface area (Å²) in [5, 5.41) is 6.56. The number of hydrogen-bond acceptors (Lipinski definition) is 5. The van der Waals surface area contributed by atoms with Crippen LogP contribution in [0.4, 0.5) is 20.2 Å². The SMILES string of the molecule is CNCc1cn(S(=O)(=O)c2cccnc2)c2cc(Nc3cc(F)ccc3F)ccc12.Cl. The molecule has 0 aliphatic rings. The Labute approximate surface area is 184 Å². The summed E-state index contributed by atoms with van der Waals surface area (Å²) >= 11 is 0. The van der Waals surface area contributed by atoms with Gasteiger partial charge in [0.05, 0.1) is 11.2 Å². The fourth-order valence-electron chi connectivity index (χ4n) is 3.24. The van der Waals surface area contributed by atoms with Crippen LogP contribution >= 0.6 is 12.4 Å². The summed E-state index contributed by atoms with van der Waals surface area (Å²) < 4.78 is 55.1. The first kappa shape index (κ1) is 22.7. The highest BCUT2D eigenvalue weighted by molar-refractivity contribution is 7.90. The highest BCUT2D eigenvalue weighted by atomic mass is 35.5. The molecule has 6 nitrogen and oxygen atoms in total. The van der Waals surface area contributed by atoms with Crippen molar-refractivity contribution in [3.8, 4) is 0 Å². The van der Waals surface area contributed by atoms with Crippen molar-refractivity contribution >= 4 is 44.7 Å². The number of pyridine rings is 1. The molecule has 0 saturated carbocycles. The van der Waals surface area contributed by atoms with E-state index in [0.717, 1.165) is 29.1 Å². The Bertz CT molecular complexity index is 1330. The molecule has 2 heterocycles. The maximum Gasteiger partial charge on any atom is 0.269 e. The Kier molecular flexibility index (Phi) is 6.59. The van der Waals surface area contributed by atoms with E-state index >= 15 is 0 Å². The van der Waals surface area contributed by atoms with Crippen LogP contribution in [-0.2, 0) is 16.6 Å². The molecule has 10 heteroatoms. The van der Waals surface area contributed by atoms with E-state index in [4.69, 9.17) is 0 Å². The van der Waals surface area contributed by atoms with Crippen molar-refractivity contribution in [3.05, 3.63) is 84.3 Å². The number of rotatable bonds is 6. The minimum absolute atomic E-state index is 0. The molecule has 0 saturated heterocycles. The third kappa shape index (κ3) is 4.39. The summed E-state index contributed by atoms with van der Waals surface area (Å²) in [6, 6.07) is 11.1. The lowest BCUT2D eigenvalue weighted by Crippen LogP contribution is -2.12. The molecule has 2 N–H and O–H groups in total. The zero-order chi connectivity index (χ0) is 21.3. The highest BCUT2D eigenvalue weighted by Crippen LogP contribution is 2.30. The zero-order valence-electron chi connectivity index (χ0n) is 16.3. The van der Waals surface area contributed by atoms with Gasteiger partial charge in [-0.3, -0.25) is 4.98 Å². The van der Waals surface area contributed by atoms with E-state index < -0.39 is 21.7 Å². The van der Waals surface area contributed by atoms with Gasteiger partial charge in [-0.05, 0) is 49.0 Å². The summed E-state index contributed by atoms with van der Waals surface area (Å²) in [7, 11) is -2.14. The average molecular weight is 465 g/mol. The van der Waals surface area contributed by atoms with E-state index in [2.05, 4.69) is 15.6 Å². The number of benzene rings is 2. The van der Waals surface area contributed by atoms with Gasteiger partial charge >= 0.3 is 0 Å². The minimum atomic E-state index is -3.90. The Morgan fingerprint density at radius 1 is 1.10 bits per heavy atom. The van der Waals surface area contributed by atoms with Crippen LogP contribution in [0.5, 0.6) is 0 Å². The Hall–Kier alpha value is -3.01. The van der Waals surface area contributed by atoms with Gasteiger partial charge in [-0.1, -0.05) is 6.07 Å². The van der Waals surface area contributed by atoms with Crippen LogP contribution < -0.4 is 10.6 Å². The largest absolute Gasteiger partial charge is 0.353 e. The second kappa shape index (κ2) is 9.01. The molecule has 0 atom stereocenters. The van der Waals surface area contributed by atoms with Crippen LogP contribution in [0, 0.1) is 11.6 Å². The van der Waals surface area contributed by atoms with Crippen molar-refractivity contribution in [3.63, 3.8) is 0 Å². The van der Waals surface area contributed by atoms with Gasteiger partial charge in [0.15, 0.2) is 0 Å². The van der Waals surface area contributed by atoms with Crippen LogP contribution in [-0.4, -0.2) is 24.4 Å². The van der Waals surface area contributed by atoms with E-state index in [9.17, 15) is 17.2 Å². The fraction of sp³-hybridized carbons (Fsp3) is 0.0952. The molecule has 4 aromatic rings. The zero-order valence-corrected chi connectivity index (χ0v) is 18.0. The third-order valence-corrected chi connectivity index (χ3v) is 6.28. The number of aromatic nitrogens is 2. The number of fused-ring (bicyclic) bond motifs is 1. The van der Waals surface area contributed by atoms with Gasteiger partial charge in [-0.15, -0.1) is 12.4 Å². The first-order valence-corrected chi connectivity index (χ1v) is 10.5. The summed E-state index contributed by atoms with van der Waals surface area (Å²) in [5.41, 5.74) is 1.57. The van der Waals surface area contributed by atoms with Crippen LogP contribution in [0.25, 0.3) is 10.9 Å². The van der Waals surface area contributed by atoms with Crippen molar-refractivity contribution < 1.29 is 17.2 Å². The van der Waals surface area contributed by atoms with Gasteiger partial charge in [0.2, 0.25) is 0 Å². The van der Waals surface area contributed by atoms with Crippen LogP contribution in [0.1, 0.15) is 5.56 Å². The van der Waals surface area contributed by atoms with E-state index in [0.29, 0.717) is 17.7 Å². The van der Waals surface area contributed by atoms with Crippen molar-refractivity contribution in [2.45, 2.75) is 11.4 Å². The minimum Gasteiger partial charge on any atom is -0.353 e. The Balaban J connectivity index is 0.00000272. The van der Waals surface area contributed by atoms with E-state index in [1.165, 1.54) is 22.4 Å². The Morgan fingerprint density at radius 2 is 1.90 bits per heavy atom. The molecule has 0 amide bonds. The molecule has 2 aromatic heterocycles. The number of halogens is 3. The van der Waals surface area contributed by atoms with Gasteiger partial charge in [-0.25, -0.2) is 21.2 Å². The van der Waals surface area contributed by atoms with Crippen LogP contribution in [0.2, 0.25) is 0 Å². The predicted molar refractivity (Wildman–Crippen MR) is 118 cm³/mol. The summed E-state index contributed by atoms with van der Waals surface area (Å²) in [4.78, 5) is 3.95. The molecular weight excluding hydrogens is 446 g/mol. The molecule has 162 valence electrons. The first-order valence-electron chi connectivity index (χ1n) is 9.06. The van der Waals surface area contributed by atoms with Crippen LogP contribution in [0.15, 0.2) is 72.0 Å². The second-order valence-corrected chi connectivity index (χ2v) is 8.47. The first-order chi connectivity index (χ1) is 14.4. The van der Waals surface area contributed by atoms with Crippen LogP contribution in [0.3, 0.4) is 0 Å². The van der Waals surface area contributed by atoms with Crippen molar-refractivity contribution in [2.24, 2.45) is 0 Å². The van der Waals surface area contributed by atoms with Gasteiger partial charge in [-0.2, -0.15) is 0 Å². The van der Waals surface area contributed by atoms with E-state index in [1.807, 2.05) is 0 Å². The summed E-state index contributed by atoms with van der Waals surface area (Å²) in [6.45, 7) is 0.456. The molecule has 0 unspecified atom stereocenters. The smallest absolute Gasteiger partial charge is 0.269 e. The lowest BCUT2D eigenvalue weighted by molar-refractivity contribution is 0.588.